The van der Waals surface area contributed by atoms with Crippen molar-refractivity contribution in [2.45, 2.75) is 0 Å². The maximum atomic E-state index is 9.50. The average Bonchev–Trinajstić information content (AvgIpc) is 2.92. The summed E-state index contributed by atoms with van der Waals surface area (Å²) in [6, 6.07) is 19.6. The van der Waals surface area contributed by atoms with Gasteiger partial charge in [0, 0.05) is 0 Å². The van der Waals surface area contributed by atoms with E-state index in [9.17, 15) is 5.26 Å². The second kappa shape index (κ2) is 4.61. The van der Waals surface area contributed by atoms with E-state index in [2.05, 4.69) is 11.1 Å². The number of benzene rings is 2. The lowest BCUT2D eigenvalue weighted by Crippen LogP contribution is -2.14. The smallest absolute Gasteiger partial charge is 0.289 e. The fourth-order valence-electron chi connectivity index (χ4n) is 2.79. The molecule has 0 atom stereocenters. The van der Waals surface area contributed by atoms with E-state index in [-0.39, 0.29) is 0 Å². The van der Waals surface area contributed by atoms with Crippen molar-refractivity contribution < 1.29 is 9.40 Å². The Bertz CT molecular complexity index is 1040. The highest BCUT2D eigenvalue weighted by Crippen LogP contribution is 2.36. The SMILES string of the molecule is N#Cc1c(N)[nH+]c2c(oc3ccccc32)c1-c1ccccc1. The molecule has 0 bridgehead atoms. The molecule has 2 heterocycles. The van der Waals surface area contributed by atoms with Crippen molar-refractivity contribution >= 4 is 27.9 Å². The first kappa shape index (κ1) is 12.4. The van der Waals surface area contributed by atoms with Crippen LogP contribution in [-0.4, -0.2) is 0 Å². The van der Waals surface area contributed by atoms with Gasteiger partial charge in [0.05, 0.1) is 10.9 Å². The minimum absolute atomic E-state index is 0.348. The molecule has 3 N–H and O–H groups in total. The molecule has 2 aromatic carbocycles. The maximum absolute atomic E-state index is 9.50. The molecule has 104 valence electrons. The summed E-state index contributed by atoms with van der Waals surface area (Å²) in [5.41, 5.74) is 10.3. The zero-order chi connectivity index (χ0) is 15.1. The van der Waals surface area contributed by atoms with Crippen LogP contribution in [0.15, 0.2) is 59.0 Å². The van der Waals surface area contributed by atoms with Crippen LogP contribution < -0.4 is 10.7 Å². The molecule has 0 fully saturated rings. The van der Waals surface area contributed by atoms with Gasteiger partial charge in [0.1, 0.15) is 11.7 Å². The van der Waals surface area contributed by atoms with Crippen molar-refractivity contribution in [2.24, 2.45) is 0 Å². The Kier molecular flexibility index (Phi) is 2.60. The predicted octanol–water partition coefficient (Wildman–Crippen LogP) is 3.52. The van der Waals surface area contributed by atoms with Crippen LogP contribution >= 0.6 is 0 Å². The van der Waals surface area contributed by atoms with Gasteiger partial charge in [0.25, 0.3) is 5.82 Å². The van der Waals surface area contributed by atoms with E-state index >= 15 is 0 Å². The first-order valence-electron chi connectivity index (χ1n) is 6.91. The molecule has 4 heteroatoms. The van der Waals surface area contributed by atoms with Crippen molar-refractivity contribution in [3.8, 4) is 17.2 Å². The number of aromatic amines is 1. The quantitative estimate of drug-likeness (QED) is 0.581. The van der Waals surface area contributed by atoms with Crippen molar-refractivity contribution in [3.05, 3.63) is 60.2 Å². The zero-order valence-electron chi connectivity index (χ0n) is 11.6. The van der Waals surface area contributed by atoms with Crippen LogP contribution in [0, 0.1) is 11.3 Å². The van der Waals surface area contributed by atoms with Gasteiger partial charge in [0.15, 0.2) is 16.7 Å². The van der Waals surface area contributed by atoms with Crippen LogP contribution in [0.4, 0.5) is 5.82 Å². The van der Waals surface area contributed by atoms with Gasteiger partial charge in [-0.15, -0.1) is 0 Å². The molecule has 22 heavy (non-hydrogen) atoms. The van der Waals surface area contributed by atoms with Crippen molar-refractivity contribution in [1.82, 2.24) is 0 Å². The molecular formula is C18H12N3O+. The van der Waals surface area contributed by atoms with Gasteiger partial charge >= 0.3 is 0 Å². The van der Waals surface area contributed by atoms with Gasteiger partial charge in [-0.2, -0.15) is 5.26 Å². The number of nitriles is 1. The van der Waals surface area contributed by atoms with Gasteiger partial charge in [0.2, 0.25) is 0 Å². The van der Waals surface area contributed by atoms with E-state index in [1.165, 1.54) is 0 Å². The molecule has 0 aliphatic rings. The number of fused-ring (bicyclic) bond motifs is 3. The summed E-state index contributed by atoms with van der Waals surface area (Å²) in [5.74, 6) is 0.348. The van der Waals surface area contributed by atoms with Crippen molar-refractivity contribution in [3.63, 3.8) is 0 Å². The van der Waals surface area contributed by atoms with Gasteiger partial charge < -0.3 is 4.42 Å². The lowest BCUT2D eigenvalue weighted by molar-refractivity contribution is -0.325. The second-order valence-corrected chi connectivity index (χ2v) is 5.07. The van der Waals surface area contributed by atoms with E-state index in [0.717, 1.165) is 27.6 Å². The Balaban J connectivity index is 2.24. The second-order valence-electron chi connectivity index (χ2n) is 5.07. The summed E-state index contributed by atoms with van der Waals surface area (Å²) in [6.45, 7) is 0. The molecule has 0 saturated carbocycles. The lowest BCUT2D eigenvalue weighted by Gasteiger charge is -2.04. The Morgan fingerprint density at radius 3 is 2.50 bits per heavy atom. The summed E-state index contributed by atoms with van der Waals surface area (Å²) >= 11 is 0. The van der Waals surface area contributed by atoms with Crippen molar-refractivity contribution in [1.29, 1.82) is 5.26 Å². The number of hydrogen-bond donors (Lipinski definition) is 1. The normalized spacial score (nSPS) is 10.9. The molecule has 0 amide bonds. The highest BCUT2D eigenvalue weighted by Gasteiger charge is 2.23. The number of pyridine rings is 1. The molecular weight excluding hydrogens is 274 g/mol. The summed E-state index contributed by atoms with van der Waals surface area (Å²) < 4.78 is 6.00. The van der Waals surface area contributed by atoms with E-state index in [4.69, 9.17) is 10.2 Å². The van der Waals surface area contributed by atoms with Gasteiger partial charge in [-0.05, 0) is 17.7 Å². The number of hydrogen-bond acceptors (Lipinski definition) is 3. The molecule has 0 aliphatic carbocycles. The Hall–Kier alpha value is -3.32. The van der Waals surface area contributed by atoms with Crippen molar-refractivity contribution in [2.75, 3.05) is 5.73 Å². The summed E-state index contributed by atoms with van der Waals surface area (Å²) in [5, 5.41) is 10.5. The first-order valence-corrected chi connectivity index (χ1v) is 6.91. The number of nitrogen functional groups attached to an aromatic ring is 1. The molecule has 0 spiro atoms. The van der Waals surface area contributed by atoms with Gasteiger partial charge in [-0.25, -0.2) is 4.98 Å². The lowest BCUT2D eigenvalue weighted by atomic mass is 10.00. The molecule has 0 unspecified atom stereocenters. The van der Waals surface area contributed by atoms with Crippen LogP contribution in [0.5, 0.6) is 0 Å². The number of para-hydroxylation sites is 1. The standard InChI is InChI=1S/C18H11N3O/c19-10-13-15(11-6-2-1-3-7-11)17-16(21-18(13)20)12-8-4-5-9-14(12)22-17/h1-9H,(H2,20,21)/p+1. The average molecular weight is 286 g/mol. The zero-order valence-corrected chi connectivity index (χ0v) is 11.6. The largest absolute Gasteiger partial charge is 0.451 e. The number of aromatic nitrogens is 1. The van der Waals surface area contributed by atoms with Gasteiger partial charge in [-0.3, -0.25) is 5.73 Å². The van der Waals surface area contributed by atoms with Crippen LogP contribution in [-0.2, 0) is 0 Å². The highest BCUT2D eigenvalue weighted by molar-refractivity contribution is 6.07. The topological polar surface area (TPSA) is 77.1 Å². The van der Waals surface area contributed by atoms with Crippen LogP contribution in [0.2, 0.25) is 0 Å². The fraction of sp³-hybridized carbons (Fsp3) is 0. The Morgan fingerprint density at radius 2 is 1.73 bits per heavy atom. The Labute approximate surface area is 126 Å². The van der Waals surface area contributed by atoms with E-state index in [0.29, 0.717) is 17.0 Å². The molecule has 0 saturated heterocycles. The van der Waals surface area contributed by atoms with Crippen LogP contribution in [0.25, 0.3) is 33.2 Å². The number of furan rings is 1. The monoisotopic (exact) mass is 286 g/mol. The number of nitrogens with two attached hydrogens (primary N) is 1. The van der Waals surface area contributed by atoms with Gasteiger partial charge in [-0.1, -0.05) is 42.5 Å². The van der Waals surface area contributed by atoms with E-state index < -0.39 is 0 Å². The molecule has 4 aromatic rings. The number of rotatable bonds is 1. The predicted molar refractivity (Wildman–Crippen MR) is 84.8 cm³/mol. The highest BCUT2D eigenvalue weighted by atomic mass is 16.3. The summed E-state index contributed by atoms with van der Waals surface area (Å²) in [6.07, 6.45) is 0. The maximum Gasteiger partial charge on any atom is 0.289 e. The third-order valence-electron chi connectivity index (χ3n) is 3.78. The number of nitrogens with zero attached hydrogens (tertiary/aromatic N) is 1. The third-order valence-corrected chi connectivity index (χ3v) is 3.78. The molecule has 4 rings (SSSR count). The molecule has 2 aromatic heterocycles. The van der Waals surface area contributed by atoms with Crippen LogP contribution in [0.1, 0.15) is 5.56 Å². The fourth-order valence-corrected chi connectivity index (χ4v) is 2.79. The molecule has 4 nitrogen and oxygen atoms in total. The van der Waals surface area contributed by atoms with Crippen LogP contribution in [0.3, 0.4) is 0 Å². The summed E-state index contributed by atoms with van der Waals surface area (Å²) in [4.78, 5) is 3.10. The minimum atomic E-state index is 0.348. The Morgan fingerprint density at radius 1 is 1.00 bits per heavy atom. The molecule has 0 aliphatic heterocycles. The summed E-state index contributed by atoms with van der Waals surface area (Å²) in [7, 11) is 0. The number of anilines is 1. The minimum Gasteiger partial charge on any atom is -0.451 e. The number of nitrogens with one attached hydrogen (secondary N) is 1. The first-order chi connectivity index (χ1) is 10.8. The third kappa shape index (κ3) is 1.66. The van der Waals surface area contributed by atoms with E-state index in [1.807, 2.05) is 54.6 Å². The van der Waals surface area contributed by atoms with E-state index in [1.54, 1.807) is 0 Å². The molecule has 0 radical (unpaired) electrons. The number of H-pyrrole nitrogens is 1.